The lowest BCUT2D eigenvalue weighted by Gasteiger charge is -2.32. The minimum absolute atomic E-state index is 0.0553. The van der Waals surface area contributed by atoms with Gasteiger partial charge in [0.15, 0.2) is 0 Å². The van der Waals surface area contributed by atoms with Crippen molar-refractivity contribution < 1.29 is 18.0 Å². The van der Waals surface area contributed by atoms with Crippen LogP contribution >= 0.6 is 27.5 Å². The molecule has 2 aromatic carbocycles. The molecule has 0 aliphatic rings. The van der Waals surface area contributed by atoms with Crippen molar-refractivity contribution in [1.29, 1.82) is 0 Å². The molecule has 2 aromatic rings. The maximum Gasteiger partial charge on any atom is 0.244 e. The number of sulfonamides is 1. The largest absolute Gasteiger partial charge is 0.352 e. The molecule has 0 aliphatic carbocycles. The van der Waals surface area contributed by atoms with E-state index in [1.165, 1.54) is 11.0 Å². The lowest BCUT2D eigenvalue weighted by molar-refractivity contribution is -0.139. The summed E-state index contributed by atoms with van der Waals surface area (Å²) in [5, 5.41) is 3.10. The SMILES string of the molecule is CCC(C)NC(=O)C(C)N(Cc1ccc(Br)cc1)C(=O)CN(c1ccccc1Cl)S(C)(=O)=O. The molecule has 0 bridgehead atoms. The zero-order chi connectivity index (χ0) is 24.8. The minimum atomic E-state index is -3.82. The second kappa shape index (κ2) is 11.9. The van der Waals surface area contributed by atoms with Crippen LogP contribution in [0.2, 0.25) is 5.02 Å². The number of amides is 2. The first kappa shape index (κ1) is 27.1. The highest BCUT2D eigenvalue weighted by Crippen LogP contribution is 2.27. The minimum Gasteiger partial charge on any atom is -0.352 e. The van der Waals surface area contributed by atoms with Crippen LogP contribution in [0.25, 0.3) is 0 Å². The topological polar surface area (TPSA) is 86.8 Å². The molecular formula is C23H29BrClN3O4S. The smallest absolute Gasteiger partial charge is 0.244 e. The predicted molar refractivity (Wildman–Crippen MR) is 136 cm³/mol. The first-order valence-electron chi connectivity index (χ1n) is 10.5. The van der Waals surface area contributed by atoms with Crippen molar-refractivity contribution in [2.45, 2.75) is 45.8 Å². The maximum atomic E-state index is 13.4. The van der Waals surface area contributed by atoms with E-state index in [2.05, 4.69) is 21.2 Å². The number of hydrogen-bond donors (Lipinski definition) is 1. The molecule has 2 unspecified atom stereocenters. The van der Waals surface area contributed by atoms with E-state index in [9.17, 15) is 18.0 Å². The van der Waals surface area contributed by atoms with Gasteiger partial charge in [0.1, 0.15) is 12.6 Å². The zero-order valence-corrected chi connectivity index (χ0v) is 22.2. The summed E-state index contributed by atoms with van der Waals surface area (Å²) in [4.78, 5) is 27.7. The van der Waals surface area contributed by atoms with Crippen molar-refractivity contribution >= 4 is 55.1 Å². The van der Waals surface area contributed by atoms with Crippen LogP contribution in [0.1, 0.15) is 32.8 Å². The molecule has 0 radical (unpaired) electrons. The molecule has 2 rings (SSSR count). The van der Waals surface area contributed by atoms with Crippen molar-refractivity contribution in [3.63, 3.8) is 0 Å². The Bertz CT molecular complexity index is 1080. The van der Waals surface area contributed by atoms with Crippen LogP contribution in [0.15, 0.2) is 53.0 Å². The average Bonchev–Trinajstić information content (AvgIpc) is 2.76. The van der Waals surface area contributed by atoms with Crippen molar-refractivity contribution in [3.05, 3.63) is 63.6 Å². The van der Waals surface area contributed by atoms with Crippen LogP contribution in [-0.4, -0.2) is 50.0 Å². The van der Waals surface area contributed by atoms with E-state index in [0.717, 1.165) is 27.0 Å². The number of para-hydroxylation sites is 1. The Morgan fingerprint density at radius 3 is 2.24 bits per heavy atom. The molecule has 7 nitrogen and oxygen atoms in total. The van der Waals surface area contributed by atoms with Crippen molar-refractivity contribution in [1.82, 2.24) is 10.2 Å². The summed E-state index contributed by atoms with van der Waals surface area (Å²) in [6, 6.07) is 12.9. The van der Waals surface area contributed by atoms with Gasteiger partial charge in [-0.25, -0.2) is 8.42 Å². The summed E-state index contributed by atoms with van der Waals surface area (Å²) in [5.74, 6) is -0.825. The Hall–Kier alpha value is -2.10. The quantitative estimate of drug-likeness (QED) is 0.474. The lowest BCUT2D eigenvalue weighted by Crippen LogP contribution is -2.52. The van der Waals surface area contributed by atoms with E-state index in [1.54, 1.807) is 25.1 Å². The Kier molecular flexibility index (Phi) is 9.75. The van der Waals surface area contributed by atoms with Gasteiger partial charge in [-0.15, -0.1) is 0 Å². The summed E-state index contributed by atoms with van der Waals surface area (Å²) in [7, 11) is -3.82. The van der Waals surface area contributed by atoms with Gasteiger partial charge in [0.05, 0.1) is 17.0 Å². The molecule has 2 amide bonds. The van der Waals surface area contributed by atoms with Crippen LogP contribution in [0.4, 0.5) is 5.69 Å². The number of hydrogen-bond acceptors (Lipinski definition) is 4. The Labute approximate surface area is 209 Å². The molecule has 0 saturated carbocycles. The van der Waals surface area contributed by atoms with Crippen molar-refractivity contribution in [2.75, 3.05) is 17.1 Å². The van der Waals surface area contributed by atoms with E-state index in [0.29, 0.717) is 0 Å². The highest BCUT2D eigenvalue weighted by Gasteiger charge is 2.31. The molecular weight excluding hydrogens is 530 g/mol. The van der Waals surface area contributed by atoms with Crippen LogP contribution < -0.4 is 9.62 Å². The molecule has 33 heavy (non-hydrogen) atoms. The summed E-state index contributed by atoms with van der Waals surface area (Å²) in [5.41, 5.74) is 1.01. The van der Waals surface area contributed by atoms with Crippen molar-refractivity contribution in [2.24, 2.45) is 0 Å². The van der Waals surface area contributed by atoms with Gasteiger partial charge in [0, 0.05) is 17.1 Å². The molecule has 0 aromatic heterocycles. The standard InChI is InChI=1S/C23H29BrClN3O4S/c1-5-16(2)26-23(30)17(3)27(14-18-10-12-19(24)13-11-18)22(29)15-28(33(4,31)32)21-9-7-6-8-20(21)25/h6-13,16-17H,5,14-15H2,1-4H3,(H,26,30). The first-order chi connectivity index (χ1) is 15.4. The molecule has 10 heteroatoms. The molecule has 1 N–H and O–H groups in total. The zero-order valence-electron chi connectivity index (χ0n) is 19.1. The Morgan fingerprint density at radius 2 is 1.70 bits per heavy atom. The van der Waals surface area contributed by atoms with Gasteiger partial charge in [-0.1, -0.05) is 58.7 Å². The van der Waals surface area contributed by atoms with E-state index in [-0.39, 0.29) is 29.2 Å². The van der Waals surface area contributed by atoms with Gasteiger partial charge in [0.2, 0.25) is 21.8 Å². The van der Waals surface area contributed by atoms with Crippen molar-refractivity contribution in [3.8, 4) is 0 Å². The number of benzene rings is 2. The van der Waals surface area contributed by atoms with E-state index in [1.807, 2.05) is 38.1 Å². The third-order valence-corrected chi connectivity index (χ3v) is 7.21. The highest BCUT2D eigenvalue weighted by atomic mass is 79.9. The van der Waals surface area contributed by atoms with Crippen LogP contribution in [-0.2, 0) is 26.2 Å². The average molecular weight is 559 g/mol. The normalized spacial score (nSPS) is 13.2. The fraction of sp³-hybridized carbons (Fsp3) is 0.391. The predicted octanol–water partition coefficient (Wildman–Crippen LogP) is 4.20. The second-order valence-electron chi connectivity index (χ2n) is 7.86. The van der Waals surface area contributed by atoms with E-state index in [4.69, 9.17) is 11.6 Å². The number of rotatable bonds is 10. The second-order valence-corrected chi connectivity index (χ2v) is 11.1. The summed E-state index contributed by atoms with van der Waals surface area (Å²) in [6.07, 6.45) is 1.76. The highest BCUT2D eigenvalue weighted by molar-refractivity contribution is 9.10. The summed E-state index contributed by atoms with van der Waals surface area (Å²) >= 11 is 9.60. The monoisotopic (exact) mass is 557 g/mol. The number of nitrogens with one attached hydrogen (secondary N) is 1. The molecule has 0 heterocycles. The molecule has 0 fully saturated rings. The molecule has 0 aliphatic heterocycles. The van der Waals surface area contributed by atoms with Gasteiger partial charge < -0.3 is 10.2 Å². The molecule has 180 valence electrons. The molecule has 2 atom stereocenters. The molecule has 0 saturated heterocycles. The van der Waals surface area contributed by atoms with Gasteiger partial charge >= 0.3 is 0 Å². The Morgan fingerprint density at radius 1 is 1.09 bits per heavy atom. The van der Waals surface area contributed by atoms with E-state index < -0.39 is 28.5 Å². The van der Waals surface area contributed by atoms with E-state index >= 15 is 0 Å². The number of nitrogens with zero attached hydrogens (tertiary/aromatic N) is 2. The Balaban J connectivity index is 2.39. The fourth-order valence-electron chi connectivity index (χ4n) is 3.08. The molecule has 0 spiro atoms. The van der Waals surface area contributed by atoms with Crippen LogP contribution in [0.5, 0.6) is 0 Å². The first-order valence-corrected chi connectivity index (χ1v) is 13.5. The van der Waals surface area contributed by atoms with Gasteiger partial charge in [-0.3, -0.25) is 13.9 Å². The number of carbonyl (C=O) groups is 2. The maximum absolute atomic E-state index is 13.4. The third kappa shape index (κ3) is 7.72. The number of halogens is 2. The lowest BCUT2D eigenvalue weighted by atomic mass is 10.1. The van der Waals surface area contributed by atoms with Gasteiger partial charge in [-0.2, -0.15) is 0 Å². The number of anilines is 1. The number of carbonyl (C=O) groups excluding carboxylic acids is 2. The van der Waals surface area contributed by atoms with Gasteiger partial charge in [-0.05, 0) is 50.1 Å². The van der Waals surface area contributed by atoms with Gasteiger partial charge in [0.25, 0.3) is 0 Å². The third-order valence-electron chi connectivity index (χ3n) is 5.23. The van der Waals surface area contributed by atoms with Crippen LogP contribution in [0.3, 0.4) is 0 Å². The fourth-order valence-corrected chi connectivity index (χ4v) is 4.50. The summed E-state index contributed by atoms with van der Waals surface area (Å²) in [6.45, 7) is 5.12. The van der Waals surface area contributed by atoms with Crippen LogP contribution in [0, 0.1) is 0 Å². The summed E-state index contributed by atoms with van der Waals surface area (Å²) < 4.78 is 26.9.